The Balaban J connectivity index is 2.91. The van der Waals surface area contributed by atoms with Gasteiger partial charge in [-0.2, -0.15) is 13.1 Å². The topological polar surface area (TPSA) is 108 Å². The van der Waals surface area contributed by atoms with Gasteiger partial charge in [0.15, 0.2) is 0 Å². The number of carbonyl (C=O) groups excluding carboxylic acids is 2. The highest BCUT2D eigenvalue weighted by Crippen LogP contribution is 2.27. The number of rotatable bonds is 9. The van der Waals surface area contributed by atoms with Crippen LogP contribution >= 0.6 is 34.8 Å². The van der Waals surface area contributed by atoms with Crippen molar-refractivity contribution in [3.05, 3.63) is 29.8 Å². The fraction of sp³-hybridized carbons (Fsp3) is 0.467. The molecule has 1 rings (SSSR count). The molecule has 8 nitrogen and oxygen atoms in total. The van der Waals surface area contributed by atoms with Crippen molar-refractivity contribution >= 4 is 57.0 Å². The Morgan fingerprint density at radius 1 is 1.11 bits per heavy atom. The summed E-state index contributed by atoms with van der Waals surface area (Å²) in [6.45, 7) is 1.76. The molecule has 1 N–H and O–H groups in total. The van der Waals surface area contributed by atoms with E-state index in [-0.39, 0.29) is 13.0 Å². The zero-order chi connectivity index (χ0) is 20.7. The third kappa shape index (κ3) is 10.7. The molecule has 0 spiro atoms. The van der Waals surface area contributed by atoms with E-state index in [2.05, 4.69) is 8.91 Å². The van der Waals surface area contributed by atoms with E-state index in [1.165, 1.54) is 26.0 Å². The summed E-state index contributed by atoms with van der Waals surface area (Å²) in [5, 5.41) is 0. The molecule has 0 saturated heterocycles. The van der Waals surface area contributed by atoms with Gasteiger partial charge in [-0.3, -0.25) is 13.8 Å². The SMILES string of the molecule is CC(=O)OCCC(NS(=O)(=O)OCC(Cl)(Cl)Cl)c1ccc(OC(C)=O)cc1. The molecule has 0 bridgehead atoms. The zero-order valence-corrected chi connectivity index (χ0v) is 17.5. The first-order valence-electron chi connectivity index (χ1n) is 7.53. The maximum atomic E-state index is 12.1. The van der Waals surface area contributed by atoms with Crippen LogP contribution < -0.4 is 9.46 Å². The predicted molar refractivity (Wildman–Crippen MR) is 100 cm³/mol. The Kier molecular flexibility index (Phi) is 9.26. The van der Waals surface area contributed by atoms with Crippen LogP contribution in [0.4, 0.5) is 0 Å². The Morgan fingerprint density at radius 2 is 1.70 bits per heavy atom. The van der Waals surface area contributed by atoms with Gasteiger partial charge in [-0.15, -0.1) is 0 Å². The molecule has 12 heteroatoms. The molecule has 0 amide bonds. The van der Waals surface area contributed by atoms with Crippen molar-refractivity contribution < 1.29 is 31.7 Å². The molecule has 152 valence electrons. The van der Waals surface area contributed by atoms with Crippen LogP contribution in [0.25, 0.3) is 0 Å². The van der Waals surface area contributed by atoms with Crippen LogP contribution in [0.5, 0.6) is 5.75 Å². The highest BCUT2D eigenvalue weighted by atomic mass is 35.6. The van der Waals surface area contributed by atoms with Gasteiger partial charge in [0, 0.05) is 20.3 Å². The van der Waals surface area contributed by atoms with Gasteiger partial charge in [-0.1, -0.05) is 46.9 Å². The van der Waals surface area contributed by atoms with Gasteiger partial charge in [0.1, 0.15) is 12.4 Å². The molecule has 0 aliphatic heterocycles. The summed E-state index contributed by atoms with van der Waals surface area (Å²) in [5.74, 6) is -0.704. The van der Waals surface area contributed by atoms with Crippen molar-refractivity contribution in [2.75, 3.05) is 13.2 Å². The molecule has 0 saturated carbocycles. The minimum absolute atomic E-state index is 0.0430. The van der Waals surface area contributed by atoms with Crippen LogP contribution in [-0.4, -0.2) is 37.4 Å². The highest BCUT2D eigenvalue weighted by Gasteiger charge is 2.27. The lowest BCUT2D eigenvalue weighted by Crippen LogP contribution is -2.33. The van der Waals surface area contributed by atoms with Gasteiger partial charge >= 0.3 is 22.2 Å². The van der Waals surface area contributed by atoms with Crippen LogP contribution in [0.3, 0.4) is 0 Å². The molecule has 0 aliphatic rings. The van der Waals surface area contributed by atoms with Crippen molar-refractivity contribution in [2.45, 2.75) is 30.1 Å². The van der Waals surface area contributed by atoms with E-state index in [0.717, 1.165) is 0 Å². The second kappa shape index (κ2) is 10.4. The van der Waals surface area contributed by atoms with E-state index in [1.807, 2.05) is 0 Å². The third-order valence-electron chi connectivity index (χ3n) is 2.92. The Labute approximate surface area is 172 Å². The molecular weight excluding hydrogens is 445 g/mol. The van der Waals surface area contributed by atoms with Crippen LogP contribution in [-0.2, 0) is 28.8 Å². The fourth-order valence-corrected chi connectivity index (χ4v) is 3.26. The Hall–Kier alpha value is -1.10. The first kappa shape index (κ1) is 23.9. The van der Waals surface area contributed by atoms with Crippen molar-refractivity contribution in [1.29, 1.82) is 0 Å². The maximum Gasteiger partial charge on any atom is 0.336 e. The summed E-state index contributed by atoms with van der Waals surface area (Å²) < 4.78 is 39.0. The average Bonchev–Trinajstić information content (AvgIpc) is 2.51. The molecule has 27 heavy (non-hydrogen) atoms. The van der Waals surface area contributed by atoms with Crippen molar-refractivity contribution in [3.8, 4) is 5.75 Å². The van der Waals surface area contributed by atoms with Gasteiger partial charge in [0.25, 0.3) is 0 Å². The van der Waals surface area contributed by atoms with E-state index in [9.17, 15) is 18.0 Å². The lowest BCUT2D eigenvalue weighted by atomic mass is 10.1. The first-order valence-corrected chi connectivity index (χ1v) is 10.1. The monoisotopic (exact) mass is 461 g/mol. The zero-order valence-electron chi connectivity index (χ0n) is 14.4. The molecule has 0 aliphatic carbocycles. The van der Waals surface area contributed by atoms with Crippen molar-refractivity contribution in [2.24, 2.45) is 0 Å². The van der Waals surface area contributed by atoms with Crippen molar-refractivity contribution in [1.82, 2.24) is 4.72 Å². The van der Waals surface area contributed by atoms with E-state index in [1.54, 1.807) is 12.1 Å². The van der Waals surface area contributed by atoms with Crippen molar-refractivity contribution in [3.63, 3.8) is 0 Å². The summed E-state index contributed by atoms with van der Waals surface area (Å²) in [4.78, 5) is 21.9. The summed E-state index contributed by atoms with van der Waals surface area (Å²) in [7, 11) is -4.27. The number of nitrogens with one attached hydrogen (secondary N) is 1. The molecule has 0 aromatic heterocycles. The quantitative estimate of drug-likeness (QED) is 0.341. The summed E-state index contributed by atoms with van der Waals surface area (Å²) in [6.07, 6.45) is 0.114. The lowest BCUT2D eigenvalue weighted by Gasteiger charge is -2.20. The van der Waals surface area contributed by atoms with Crippen LogP contribution in [0.1, 0.15) is 31.9 Å². The van der Waals surface area contributed by atoms with E-state index in [4.69, 9.17) is 44.3 Å². The number of benzene rings is 1. The average molecular weight is 463 g/mol. The summed E-state index contributed by atoms with van der Waals surface area (Å²) in [5.41, 5.74) is 0.513. The number of ether oxygens (including phenoxy) is 2. The maximum absolute atomic E-state index is 12.1. The normalized spacial score (nSPS) is 13.1. The molecule has 0 heterocycles. The number of alkyl halides is 3. The number of halogens is 3. The van der Waals surface area contributed by atoms with Crippen LogP contribution in [0.15, 0.2) is 24.3 Å². The molecule has 1 aromatic carbocycles. The third-order valence-corrected chi connectivity index (χ3v) is 4.25. The minimum atomic E-state index is -4.27. The Bertz CT molecular complexity index is 748. The van der Waals surface area contributed by atoms with Gasteiger partial charge < -0.3 is 9.47 Å². The summed E-state index contributed by atoms with van der Waals surface area (Å²) >= 11 is 16.5. The van der Waals surface area contributed by atoms with E-state index < -0.39 is 38.7 Å². The number of hydrogen-bond acceptors (Lipinski definition) is 7. The first-order chi connectivity index (χ1) is 12.4. The second-order valence-corrected chi connectivity index (χ2v) is 9.19. The molecule has 1 atom stereocenters. The van der Waals surface area contributed by atoms with Gasteiger partial charge in [-0.25, -0.2) is 0 Å². The molecule has 0 fully saturated rings. The summed E-state index contributed by atoms with van der Waals surface area (Å²) in [6, 6.07) is 5.27. The van der Waals surface area contributed by atoms with Gasteiger partial charge in [0.2, 0.25) is 3.79 Å². The molecule has 1 unspecified atom stereocenters. The fourth-order valence-electron chi connectivity index (χ4n) is 1.90. The van der Waals surface area contributed by atoms with E-state index >= 15 is 0 Å². The van der Waals surface area contributed by atoms with Gasteiger partial charge in [0.05, 0.1) is 12.6 Å². The van der Waals surface area contributed by atoms with E-state index in [0.29, 0.717) is 11.3 Å². The van der Waals surface area contributed by atoms with Crippen LogP contribution in [0, 0.1) is 0 Å². The molecule has 0 radical (unpaired) electrons. The Morgan fingerprint density at radius 3 is 2.19 bits per heavy atom. The van der Waals surface area contributed by atoms with Gasteiger partial charge in [-0.05, 0) is 17.7 Å². The predicted octanol–water partition coefficient (Wildman–Crippen LogP) is 2.83. The standard InChI is InChI=1S/C15H18Cl3NO7S/c1-10(20)24-8-7-14(19-27(22,23)25-9-15(16,17)18)12-3-5-13(6-4-12)26-11(2)21/h3-6,14,19H,7-9H2,1-2H3. The lowest BCUT2D eigenvalue weighted by molar-refractivity contribution is -0.141. The largest absolute Gasteiger partial charge is 0.466 e. The minimum Gasteiger partial charge on any atom is -0.466 e. The highest BCUT2D eigenvalue weighted by molar-refractivity contribution is 7.84. The number of esters is 2. The molecule has 1 aromatic rings. The smallest absolute Gasteiger partial charge is 0.336 e. The van der Waals surface area contributed by atoms with Crippen LogP contribution in [0.2, 0.25) is 0 Å². The molecular formula is C15H18Cl3NO7S. The second-order valence-electron chi connectivity index (χ2n) is 5.29. The number of hydrogen-bond donors (Lipinski definition) is 1. The number of carbonyl (C=O) groups is 2.